The highest BCUT2D eigenvalue weighted by Crippen LogP contribution is 2.19. The second-order valence-electron chi connectivity index (χ2n) is 3.97. The van der Waals surface area contributed by atoms with Crippen LogP contribution >= 0.6 is 0 Å². The molecule has 2 rings (SSSR count). The summed E-state index contributed by atoms with van der Waals surface area (Å²) in [4.78, 5) is 17.4. The van der Waals surface area contributed by atoms with Crippen LogP contribution in [0.1, 0.15) is 11.8 Å². The highest BCUT2D eigenvalue weighted by molar-refractivity contribution is 5.73. The lowest BCUT2D eigenvalue weighted by Gasteiger charge is -2.28. The van der Waals surface area contributed by atoms with Crippen molar-refractivity contribution in [2.45, 2.75) is 6.10 Å². The van der Waals surface area contributed by atoms with Crippen LogP contribution in [0.4, 0.5) is 5.82 Å². The standard InChI is InChI=1S/C12H16N2O4/c1-17-11(12(15)16)9-3-2-4-10(13-9)14-5-7-18-8-6-14/h2-4,11H,5-8H2,1H3,(H,15,16). The molecule has 0 aromatic carbocycles. The monoisotopic (exact) mass is 252 g/mol. The van der Waals surface area contributed by atoms with E-state index in [1.807, 2.05) is 6.07 Å². The van der Waals surface area contributed by atoms with Gasteiger partial charge in [0.2, 0.25) is 0 Å². The number of hydrogen-bond donors (Lipinski definition) is 1. The highest BCUT2D eigenvalue weighted by Gasteiger charge is 2.22. The van der Waals surface area contributed by atoms with Crippen LogP contribution in [0, 0.1) is 0 Å². The molecule has 1 atom stereocenters. The summed E-state index contributed by atoms with van der Waals surface area (Å²) in [5.74, 6) is -0.275. The first-order valence-corrected chi connectivity index (χ1v) is 5.77. The molecule has 0 bridgehead atoms. The van der Waals surface area contributed by atoms with Crippen molar-refractivity contribution < 1.29 is 19.4 Å². The van der Waals surface area contributed by atoms with Crippen molar-refractivity contribution >= 4 is 11.8 Å². The smallest absolute Gasteiger partial charge is 0.339 e. The molecule has 1 aromatic rings. The minimum atomic E-state index is -1.04. The first-order chi connectivity index (χ1) is 8.72. The number of hydrogen-bond acceptors (Lipinski definition) is 5. The molecule has 98 valence electrons. The molecule has 1 aromatic heterocycles. The fourth-order valence-corrected chi connectivity index (χ4v) is 1.90. The third-order valence-electron chi connectivity index (χ3n) is 2.82. The molecular weight excluding hydrogens is 236 g/mol. The van der Waals surface area contributed by atoms with E-state index in [9.17, 15) is 4.79 Å². The summed E-state index contributed by atoms with van der Waals surface area (Å²) in [5.41, 5.74) is 0.411. The van der Waals surface area contributed by atoms with E-state index in [0.717, 1.165) is 18.9 Å². The first kappa shape index (κ1) is 12.8. The van der Waals surface area contributed by atoms with E-state index in [1.165, 1.54) is 7.11 Å². The number of methoxy groups -OCH3 is 1. The van der Waals surface area contributed by atoms with Gasteiger partial charge in [-0.15, -0.1) is 0 Å². The SMILES string of the molecule is COC(C(=O)O)c1cccc(N2CCOCC2)n1. The Balaban J connectivity index is 2.20. The largest absolute Gasteiger partial charge is 0.479 e. The van der Waals surface area contributed by atoms with Gasteiger partial charge in [-0.2, -0.15) is 0 Å². The number of carboxylic acid groups (broad SMARTS) is 1. The minimum absolute atomic E-state index is 0.411. The maximum absolute atomic E-state index is 11.0. The number of ether oxygens (including phenoxy) is 2. The van der Waals surface area contributed by atoms with Gasteiger partial charge in [-0.25, -0.2) is 9.78 Å². The maximum atomic E-state index is 11.0. The van der Waals surface area contributed by atoms with Crippen molar-refractivity contribution in [1.82, 2.24) is 4.98 Å². The Morgan fingerprint density at radius 2 is 2.22 bits per heavy atom. The van der Waals surface area contributed by atoms with Crippen molar-refractivity contribution in [2.24, 2.45) is 0 Å². The van der Waals surface area contributed by atoms with Crippen molar-refractivity contribution in [3.05, 3.63) is 23.9 Å². The Morgan fingerprint density at radius 3 is 2.83 bits per heavy atom. The fraction of sp³-hybridized carbons (Fsp3) is 0.500. The summed E-state index contributed by atoms with van der Waals surface area (Å²) < 4.78 is 10.2. The number of carboxylic acids is 1. The van der Waals surface area contributed by atoms with E-state index in [0.29, 0.717) is 18.9 Å². The molecule has 1 unspecified atom stereocenters. The summed E-state index contributed by atoms with van der Waals surface area (Å²) in [6.07, 6.45) is -1.02. The number of nitrogens with zero attached hydrogens (tertiary/aromatic N) is 2. The Kier molecular flexibility index (Phi) is 4.11. The number of morpholine rings is 1. The van der Waals surface area contributed by atoms with Crippen LogP contribution in [0.2, 0.25) is 0 Å². The van der Waals surface area contributed by atoms with Gasteiger partial charge in [0, 0.05) is 20.2 Å². The molecule has 0 aliphatic carbocycles. The minimum Gasteiger partial charge on any atom is -0.479 e. The summed E-state index contributed by atoms with van der Waals surface area (Å²) in [6, 6.07) is 5.32. The van der Waals surface area contributed by atoms with Gasteiger partial charge in [-0.05, 0) is 12.1 Å². The second kappa shape index (κ2) is 5.79. The third kappa shape index (κ3) is 2.77. The van der Waals surface area contributed by atoms with Gasteiger partial charge in [0.15, 0.2) is 6.10 Å². The van der Waals surface area contributed by atoms with Gasteiger partial charge >= 0.3 is 5.97 Å². The zero-order chi connectivity index (χ0) is 13.0. The summed E-state index contributed by atoms with van der Waals surface area (Å²) in [6.45, 7) is 2.86. The van der Waals surface area contributed by atoms with Crippen molar-refractivity contribution in [3.63, 3.8) is 0 Å². The Bertz CT molecular complexity index is 418. The number of aromatic nitrogens is 1. The summed E-state index contributed by atoms with van der Waals surface area (Å²) in [5, 5.41) is 9.03. The lowest BCUT2D eigenvalue weighted by Crippen LogP contribution is -2.37. The molecule has 6 nitrogen and oxygen atoms in total. The van der Waals surface area contributed by atoms with Crippen LogP contribution in [0.3, 0.4) is 0 Å². The van der Waals surface area contributed by atoms with Crippen LogP contribution in [0.15, 0.2) is 18.2 Å². The van der Waals surface area contributed by atoms with Crippen LogP contribution < -0.4 is 4.90 Å². The van der Waals surface area contributed by atoms with E-state index >= 15 is 0 Å². The molecule has 1 saturated heterocycles. The predicted octanol–water partition coefficient (Wildman–Crippen LogP) is 0.690. The van der Waals surface area contributed by atoms with Gasteiger partial charge in [-0.1, -0.05) is 6.07 Å². The lowest BCUT2D eigenvalue weighted by molar-refractivity contribution is -0.149. The zero-order valence-electron chi connectivity index (χ0n) is 10.2. The Hall–Kier alpha value is -1.66. The number of aliphatic carboxylic acids is 1. The number of anilines is 1. The van der Waals surface area contributed by atoms with Gasteiger partial charge in [0.25, 0.3) is 0 Å². The molecule has 1 fully saturated rings. The molecule has 0 spiro atoms. The van der Waals surface area contributed by atoms with Crippen LogP contribution in [0.5, 0.6) is 0 Å². The quantitative estimate of drug-likeness (QED) is 0.850. The molecule has 0 radical (unpaired) electrons. The van der Waals surface area contributed by atoms with E-state index in [1.54, 1.807) is 12.1 Å². The molecule has 1 N–H and O–H groups in total. The van der Waals surface area contributed by atoms with Gasteiger partial charge in [0.1, 0.15) is 5.82 Å². The molecule has 0 saturated carbocycles. The molecular formula is C12H16N2O4. The van der Waals surface area contributed by atoms with Gasteiger partial charge in [-0.3, -0.25) is 0 Å². The van der Waals surface area contributed by atoms with Gasteiger partial charge in [0.05, 0.1) is 18.9 Å². The van der Waals surface area contributed by atoms with Crippen LogP contribution in [-0.2, 0) is 14.3 Å². The fourth-order valence-electron chi connectivity index (χ4n) is 1.90. The third-order valence-corrected chi connectivity index (χ3v) is 2.82. The predicted molar refractivity (Wildman–Crippen MR) is 64.7 cm³/mol. The lowest BCUT2D eigenvalue weighted by atomic mass is 10.2. The van der Waals surface area contributed by atoms with E-state index in [-0.39, 0.29) is 0 Å². The van der Waals surface area contributed by atoms with Crippen LogP contribution in [-0.4, -0.2) is 49.5 Å². The van der Waals surface area contributed by atoms with Crippen molar-refractivity contribution in [1.29, 1.82) is 0 Å². The maximum Gasteiger partial charge on any atom is 0.339 e. The Morgan fingerprint density at radius 1 is 1.50 bits per heavy atom. The summed E-state index contributed by atoms with van der Waals surface area (Å²) in [7, 11) is 1.36. The number of carbonyl (C=O) groups is 1. The summed E-state index contributed by atoms with van der Waals surface area (Å²) >= 11 is 0. The molecule has 2 heterocycles. The molecule has 0 amide bonds. The molecule has 1 aliphatic heterocycles. The normalized spacial score (nSPS) is 17.5. The number of rotatable bonds is 4. The molecule has 18 heavy (non-hydrogen) atoms. The first-order valence-electron chi connectivity index (χ1n) is 5.77. The average molecular weight is 252 g/mol. The molecule has 1 aliphatic rings. The second-order valence-corrected chi connectivity index (χ2v) is 3.97. The molecule has 6 heteroatoms. The topological polar surface area (TPSA) is 71.9 Å². The number of pyridine rings is 1. The highest BCUT2D eigenvalue weighted by atomic mass is 16.5. The van der Waals surface area contributed by atoms with Crippen molar-refractivity contribution in [2.75, 3.05) is 38.3 Å². The van der Waals surface area contributed by atoms with E-state index in [2.05, 4.69) is 9.88 Å². The average Bonchev–Trinajstić information content (AvgIpc) is 2.40. The van der Waals surface area contributed by atoms with E-state index in [4.69, 9.17) is 14.6 Å². The zero-order valence-corrected chi connectivity index (χ0v) is 10.2. The van der Waals surface area contributed by atoms with E-state index < -0.39 is 12.1 Å². The van der Waals surface area contributed by atoms with Crippen LogP contribution in [0.25, 0.3) is 0 Å². The van der Waals surface area contributed by atoms with Crippen molar-refractivity contribution in [3.8, 4) is 0 Å². The van der Waals surface area contributed by atoms with Gasteiger partial charge < -0.3 is 19.5 Å². The Labute approximate surface area is 105 Å².